The lowest BCUT2D eigenvalue weighted by Crippen LogP contribution is -2.27. The van der Waals surface area contributed by atoms with Crippen LogP contribution in [0, 0.1) is 6.92 Å². The second-order valence-electron chi connectivity index (χ2n) is 7.46. The Balaban J connectivity index is 1.53. The summed E-state index contributed by atoms with van der Waals surface area (Å²) in [5.41, 5.74) is 7.32. The number of rotatable bonds is 12. The molecule has 3 aromatic rings. The van der Waals surface area contributed by atoms with Gasteiger partial charge in [-0.15, -0.1) is 0 Å². The van der Waals surface area contributed by atoms with E-state index in [1.54, 1.807) is 31.2 Å². The van der Waals surface area contributed by atoms with E-state index in [4.69, 9.17) is 24.6 Å². The molecule has 2 atom stereocenters. The van der Waals surface area contributed by atoms with Crippen molar-refractivity contribution >= 4 is 30.7 Å². The number of benzene rings is 1. The van der Waals surface area contributed by atoms with Crippen molar-refractivity contribution in [3.05, 3.63) is 51.7 Å². The molecule has 35 heavy (non-hydrogen) atoms. The Morgan fingerprint density at radius 2 is 2.00 bits per heavy atom. The average molecular weight is 510 g/mol. The van der Waals surface area contributed by atoms with Crippen molar-refractivity contribution in [1.29, 1.82) is 0 Å². The summed E-state index contributed by atoms with van der Waals surface area (Å²) in [7, 11) is -3.03. The third-order valence-electron chi connectivity index (χ3n) is 4.92. The van der Waals surface area contributed by atoms with E-state index in [9.17, 15) is 19.0 Å². The minimum atomic E-state index is -4.36. The smallest absolute Gasteiger partial charge is 0.394 e. The van der Waals surface area contributed by atoms with Crippen LogP contribution in [-0.4, -0.2) is 75.0 Å². The number of carbonyl (C=O) groups is 1. The first-order chi connectivity index (χ1) is 16.6. The van der Waals surface area contributed by atoms with Crippen LogP contribution in [0.15, 0.2) is 29.1 Å². The topological polar surface area (TPSA) is 204 Å². The highest BCUT2D eigenvalue weighted by Crippen LogP contribution is 2.42. The molecule has 0 aliphatic heterocycles. The Kier molecular flexibility index (Phi) is 8.72. The van der Waals surface area contributed by atoms with Gasteiger partial charge in [0.2, 0.25) is 0 Å². The summed E-state index contributed by atoms with van der Waals surface area (Å²) < 4.78 is 27.5. The molecule has 0 radical (unpaired) electrons. The molecule has 190 valence electrons. The number of fused-ring (bicyclic) bond motifs is 1. The third-order valence-corrected chi connectivity index (χ3v) is 5.91. The molecular formula is C20H27N6O8P. The molecule has 2 aromatic heterocycles. The van der Waals surface area contributed by atoms with E-state index in [1.165, 1.54) is 11.7 Å². The summed E-state index contributed by atoms with van der Waals surface area (Å²) in [6.07, 6.45) is -0.758. The third kappa shape index (κ3) is 6.94. The van der Waals surface area contributed by atoms with Crippen LogP contribution in [0.25, 0.3) is 11.2 Å². The van der Waals surface area contributed by atoms with Crippen LogP contribution in [0.1, 0.15) is 21.7 Å². The first-order valence-electron chi connectivity index (χ1n) is 10.5. The Bertz CT molecular complexity index is 1270. The van der Waals surface area contributed by atoms with E-state index in [2.05, 4.69) is 20.3 Å². The van der Waals surface area contributed by atoms with Crippen LogP contribution in [0.5, 0.6) is 0 Å². The number of nitrogen functional groups attached to an aromatic ring is 1. The molecule has 1 aromatic carbocycles. The highest BCUT2D eigenvalue weighted by Gasteiger charge is 2.23. The van der Waals surface area contributed by atoms with Gasteiger partial charge in [-0.05, 0) is 24.6 Å². The van der Waals surface area contributed by atoms with Gasteiger partial charge in [0.1, 0.15) is 17.4 Å². The van der Waals surface area contributed by atoms with Gasteiger partial charge in [-0.2, -0.15) is 0 Å². The normalized spacial score (nSPS) is 14.1. The van der Waals surface area contributed by atoms with E-state index in [-0.39, 0.29) is 44.4 Å². The van der Waals surface area contributed by atoms with Gasteiger partial charge in [0.05, 0.1) is 26.4 Å². The zero-order chi connectivity index (χ0) is 25.6. The van der Waals surface area contributed by atoms with Gasteiger partial charge in [0.25, 0.3) is 5.91 Å². The lowest BCUT2D eigenvalue weighted by Gasteiger charge is -2.16. The number of aromatic amines is 1. The van der Waals surface area contributed by atoms with Crippen molar-refractivity contribution in [1.82, 2.24) is 24.8 Å². The Labute approximate surface area is 199 Å². The number of aryl methyl sites for hydroxylation is 1. The number of nitrogens with two attached hydrogens (primary N) is 1. The van der Waals surface area contributed by atoms with Crippen LogP contribution in [0.3, 0.4) is 0 Å². The van der Waals surface area contributed by atoms with E-state index < -0.39 is 19.8 Å². The molecule has 3 rings (SSSR count). The second-order valence-corrected chi connectivity index (χ2v) is 8.92. The van der Waals surface area contributed by atoms with Crippen molar-refractivity contribution in [2.45, 2.75) is 19.6 Å². The first kappa shape index (κ1) is 26.5. The molecule has 6 N–H and O–H groups in total. The molecule has 0 aliphatic carbocycles. The molecule has 0 spiro atoms. The molecule has 15 heteroatoms. The standard InChI is InChI=1S/C20H27N6O8P/c1-12-23-17(21)16-18(24-12)26(20(29)25-16)9-13-3-5-14(6-4-13)19(28)22-7-8-33-35(30,31)34-11-15(10-27)32-2/h3-6,15,27H,7-11H2,1-2H3,(H,22,28)(H,25,29)(H,30,31)(H2,21,23,24). The predicted molar refractivity (Wildman–Crippen MR) is 125 cm³/mol. The van der Waals surface area contributed by atoms with Gasteiger partial charge in [-0.25, -0.2) is 19.3 Å². The fourth-order valence-electron chi connectivity index (χ4n) is 3.09. The number of nitrogens with one attached hydrogen (secondary N) is 2. The number of methoxy groups -OCH3 is 1. The number of imidazole rings is 1. The fraction of sp³-hybridized carbons (Fsp3) is 0.400. The highest BCUT2D eigenvalue weighted by molar-refractivity contribution is 7.47. The Hall–Kier alpha value is -3.13. The summed E-state index contributed by atoms with van der Waals surface area (Å²) in [6.45, 7) is 0.846. The lowest BCUT2D eigenvalue weighted by atomic mass is 10.1. The molecule has 0 aliphatic rings. The van der Waals surface area contributed by atoms with Gasteiger partial charge in [0, 0.05) is 19.2 Å². The number of hydrogen-bond acceptors (Lipinski definition) is 10. The number of phosphoric ester groups is 1. The van der Waals surface area contributed by atoms with Crippen LogP contribution in [0.2, 0.25) is 0 Å². The van der Waals surface area contributed by atoms with Crippen molar-refractivity contribution in [3.8, 4) is 0 Å². The van der Waals surface area contributed by atoms with Gasteiger partial charge in [-0.1, -0.05) is 12.1 Å². The van der Waals surface area contributed by atoms with E-state index in [0.29, 0.717) is 22.6 Å². The van der Waals surface area contributed by atoms with Gasteiger partial charge < -0.3 is 30.8 Å². The monoisotopic (exact) mass is 510 g/mol. The largest absolute Gasteiger partial charge is 0.472 e. The molecule has 2 heterocycles. The van der Waals surface area contributed by atoms with E-state index in [0.717, 1.165) is 5.56 Å². The maximum Gasteiger partial charge on any atom is 0.472 e. The number of aromatic nitrogens is 4. The number of H-pyrrole nitrogens is 1. The number of aliphatic hydroxyl groups excluding tert-OH is 1. The van der Waals surface area contributed by atoms with Crippen molar-refractivity contribution in [2.75, 3.05) is 39.2 Å². The predicted octanol–water partition coefficient (Wildman–Crippen LogP) is -0.0708. The number of aliphatic hydroxyl groups is 1. The zero-order valence-electron chi connectivity index (χ0n) is 19.1. The van der Waals surface area contributed by atoms with Crippen LogP contribution >= 0.6 is 7.82 Å². The maximum absolute atomic E-state index is 12.3. The fourth-order valence-corrected chi connectivity index (χ4v) is 3.84. The maximum atomic E-state index is 12.3. The number of anilines is 1. The molecule has 0 fully saturated rings. The van der Waals surface area contributed by atoms with Crippen LogP contribution in [-0.2, 0) is 24.9 Å². The van der Waals surface area contributed by atoms with Gasteiger partial charge in [0.15, 0.2) is 11.5 Å². The van der Waals surface area contributed by atoms with Crippen molar-refractivity contribution in [3.63, 3.8) is 0 Å². The SMILES string of the molecule is COC(CO)COP(=O)(O)OCCNC(=O)c1ccc(Cn2c(=O)[nH]c3c(N)nc(C)nc32)cc1. The number of amides is 1. The summed E-state index contributed by atoms with van der Waals surface area (Å²) >= 11 is 0. The number of nitrogens with zero attached hydrogens (tertiary/aromatic N) is 3. The number of hydrogen-bond donors (Lipinski definition) is 5. The van der Waals surface area contributed by atoms with Gasteiger partial charge in [-0.3, -0.25) is 18.4 Å². The number of phosphoric acid groups is 1. The molecule has 0 saturated heterocycles. The minimum Gasteiger partial charge on any atom is -0.394 e. The quantitative estimate of drug-likeness (QED) is 0.161. The summed E-state index contributed by atoms with van der Waals surface area (Å²) in [5.74, 6) is 0.203. The van der Waals surface area contributed by atoms with E-state index >= 15 is 0 Å². The molecular weight excluding hydrogens is 483 g/mol. The molecule has 0 saturated carbocycles. The highest BCUT2D eigenvalue weighted by atomic mass is 31.2. The first-order valence-corrected chi connectivity index (χ1v) is 12.0. The van der Waals surface area contributed by atoms with Crippen molar-refractivity contribution in [2.24, 2.45) is 0 Å². The summed E-state index contributed by atoms with van der Waals surface area (Å²) in [5, 5.41) is 11.5. The Morgan fingerprint density at radius 3 is 2.66 bits per heavy atom. The molecule has 1 amide bonds. The summed E-state index contributed by atoms with van der Waals surface area (Å²) in [6, 6.07) is 6.55. The van der Waals surface area contributed by atoms with Crippen LogP contribution < -0.4 is 16.7 Å². The van der Waals surface area contributed by atoms with Gasteiger partial charge >= 0.3 is 13.5 Å². The molecule has 2 unspecified atom stereocenters. The molecule has 14 nitrogen and oxygen atoms in total. The summed E-state index contributed by atoms with van der Waals surface area (Å²) in [4.78, 5) is 45.3. The second kappa shape index (κ2) is 11.5. The minimum absolute atomic E-state index is 0.0482. The lowest BCUT2D eigenvalue weighted by molar-refractivity contribution is 0.00539. The number of ether oxygens (including phenoxy) is 1. The van der Waals surface area contributed by atoms with Crippen molar-refractivity contribution < 1.29 is 33.1 Å². The Morgan fingerprint density at radius 1 is 1.29 bits per heavy atom. The zero-order valence-corrected chi connectivity index (χ0v) is 20.0. The molecule has 0 bridgehead atoms. The number of carbonyl (C=O) groups excluding carboxylic acids is 1. The average Bonchev–Trinajstić information content (AvgIpc) is 3.13. The van der Waals surface area contributed by atoms with Crippen LogP contribution in [0.4, 0.5) is 5.82 Å². The van der Waals surface area contributed by atoms with E-state index in [1.807, 2.05) is 0 Å².